The summed E-state index contributed by atoms with van der Waals surface area (Å²) >= 11 is 1.41. The zero-order valence-corrected chi connectivity index (χ0v) is 14.6. The molecule has 0 bridgehead atoms. The predicted molar refractivity (Wildman–Crippen MR) is 97.2 cm³/mol. The quantitative estimate of drug-likeness (QED) is 0.720. The van der Waals surface area contributed by atoms with Crippen molar-refractivity contribution in [1.29, 1.82) is 0 Å². The molecule has 25 heavy (non-hydrogen) atoms. The Morgan fingerprint density at radius 2 is 2.08 bits per heavy atom. The molecule has 1 aliphatic rings. The Kier molecular flexibility index (Phi) is 4.19. The van der Waals surface area contributed by atoms with Gasteiger partial charge in [0.15, 0.2) is 0 Å². The summed E-state index contributed by atoms with van der Waals surface area (Å²) in [6.45, 7) is 2.97. The van der Waals surface area contributed by atoms with Crippen LogP contribution in [0.3, 0.4) is 0 Å². The summed E-state index contributed by atoms with van der Waals surface area (Å²) in [5.41, 5.74) is 1.95. The van der Waals surface area contributed by atoms with Gasteiger partial charge in [-0.2, -0.15) is 0 Å². The maximum atomic E-state index is 12.8. The first-order chi connectivity index (χ1) is 12.2. The maximum Gasteiger partial charge on any atom is 0.271 e. The second-order valence-corrected chi connectivity index (χ2v) is 6.97. The third-order valence-electron chi connectivity index (χ3n) is 4.04. The Morgan fingerprint density at radius 1 is 1.24 bits per heavy atom. The average Bonchev–Trinajstić information content (AvgIpc) is 3.05. The molecular weight excluding hydrogens is 334 g/mol. The summed E-state index contributed by atoms with van der Waals surface area (Å²) in [6.07, 6.45) is 2.47. The van der Waals surface area contributed by atoms with Crippen LogP contribution in [0, 0.1) is 6.92 Å². The summed E-state index contributed by atoms with van der Waals surface area (Å²) in [5, 5.41) is 0.821. The SMILES string of the molecule is Cc1ccnc(N2CCc3nc(COc4ccccc4)sc3C2=O)c1. The number of carbonyl (C=O) groups is 1. The van der Waals surface area contributed by atoms with E-state index in [-0.39, 0.29) is 5.91 Å². The topological polar surface area (TPSA) is 55.3 Å². The van der Waals surface area contributed by atoms with Crippen molar-refractivity contribution in [3.8, 4) is 5.75 Å². The molecule has 0 saturated heterocycles. The average molecular weight is 351 g/mol. The van der Waals surface area contributed by atoms with E-state index in [4.69, 9.17) is 4.74 Å². The lowest BCUT2D eigenvalue weighted by Gasteiger charge is -2.25. The van der Waals surface area contributed by atoms with Gasteiger partial charge in [0, 0.05) is 19.2 Å². The first-order valence-corrected chi connectivity index (χ1v) is 8.93. The van der Waals surface area contributed by atoms with Crippen molar-refractivity contribution >= 4 is 23.1 Å². The van der Waals surface area contributed by atoms with Crippen LogP contribution in [0.4, 0.5) is 5.82 Å². The van der Waals surface area contributed by atoms with Gasteiger partial charge in [0.1, 0.15) is 28.1 Å². The van der Waals surface area contributed by atoms with Gasteiger partial charge in [-0.05, 0) is 36.8 Å². The molecular formula is C19H17N3O2S. The largest absolute Gasteiger partial charge is 0.486 e. The van der Waals surface area contributed by atoms with Crippen LogP contribution < -0.4 is 9.64 Å². The van der Waals surface area contributed by atoms with Gasteiger partial charge in [-0.25, -0.2) is 9.97 Å². The molecule has 0 aliphatic carbocycles. The van der Waals surface area contributed by atoms with E-state index in [1.807, 2.05) is 49.4 Å². The van der Waals surface area contributed by atoms with Gasteiger partial charge >= 0.3 is 0 Å². The fourth-order valence-corrected chi connectivity index (χ4v) is 3.76. The minimum atomic E-state index is -0.0252. The Labute approximate surface area is 149 Å². The van der Waals surface area contributed by atoms with Gasteiger partial charge in [0.25, 0.3) is 5.91 Å². The number of carbonyl (C=O) groups excluding carboxylic acids is 1. The number of rotatable bonds is 4. The number of nitrogens with zero attached hydrogens (tertiary/aromatic N) is 3. The number of aromatic nitrogens is 2. The number of hydrogen-bond donors (Lipinski definition) is 0. The van der Waals surface area contributed by atoms with Crippen LogP contribution in [0.5, 0.6) is 5.75 Å². The van der Waals surface area contributed by atoms with Gasteiger partial charge in [-0.15, -0.1) is 11.3 Å². The first kappa shape index (κ1) is 15.8. The molecule has 5 nitrogen and oxygen atoms in total. The summed E-state index contributed by atoms with van der Waals surface area (Å²) in [6, 6.07) is 13.5. The van der Waals surface area contributed by atoms with Crippen molar-refractivity contribution in [3.63, 3.8) is 0 Å². The minimum absolute atomic E-state index is 0.0252. The molecule has 1 aliphatic heterocycles. The van der Waals surface area contributed by atoms with Crippen LogP contribution in [-0.2, 0) is 13.0 Å². The predicted octanol–water partition coefficient (Wildman–Crippen LogP) is 3.63. The number of amides is 1. The van der Waals surface area contributed by atoms with Crippen LogP contribution in [-0.4, -0.2) is 22.4 Å². The summed E-state index contributed by atoms with van der Waals surface area (Å²) in [5.74, 6) is 1.47. The van der Waals surface area contributed by atoms with Gasteiger partial charge in [-0.1, -0.05) is 18.2 Å². The molecule has 0 radical (unpaired) electrons. The van der Waals surface area contributed by atoms with E-state index in [2.05, 4.69) is 9.97 Å². The maximum absolute atomic E-state index is 12.8. The second-order valence-electron chi connectivity index (χ2n) is 5.88. The normalized spacial score (nSPS) is 13.6. The summed E-state index contributed by atoms with van der Waals surface area (Å²) < 4.78 is 5.74. The molecule has 2 aromatic heterocycles. The highest BCUT2D eigenvalue weighted by atomic mass is 32.1. The number of para-hydroxylation sites is 1. The van der Waals surface area contributed by atoms with E-state index in [1.54, 1.807) is 11.1 Å². The van der Waals surface area contributed by atoms with Crippen LogP contribution in [0.1, 0.15) is 25.9 Å². The molecule has 0 atom stereocenters. The molecule has 1 aromatic carbocycles. The number of hydrogen-bond acceptors (Lipinski definition) is 5. The lowest BCUT2D eigenvalue weighted by molar-refractivity contribution is 0.0983. The highest BCUT2D eigenvalue weighted by Crippen LogP contribution is 2.28. The molecule has 4 rings (SSSR count). The van der Waals surface area contributed by atoms with Gasteiger partial charge in [-0.3, -0.25) is 9.69 Å². The smallest absolute Gasteiger partial charge is 0.271 e. The molecule has 3 aromatic rings. The standard InChI is InChI=1S/C19H17N3O2S/c1-13-7-9-20-16(11-13)22-10-8-15-18(19(22)23)25-17(21-15)12-24-14-5-3-2-4-6-14/h2-7,9,11H,8,10,12H2,1H3. The molecule has 0 saturated carbocycles. The number of fused-ring (bicyclic) bond motifs is 1. The lowest BCUT2D eigenvalue weighted by Crippen LogP contribution is -2.37. The number of anilines is 1. The van der Waals surface area contributed by atoms with E-state index in [0.29, 0.717) is 23.8 Å². The molecule has 0 N–H and O–H groups in total. The van der Waals surface area contributed by atoms with Crippen molar-refractivity contribution in [2.24, 2.45) is 0 Å². The second kappa shape index (κ2) is 6.64. The van der Waals surface area contributed by atoms with E-state index in [1.165, 1.54) is 11.3 Å². The van der Waals surface area contributed by atoms with Gasteiger partial charge < -0.3 is 4.74 Å². The number of thiazole rings is 1. The number of benzene rings is 1. The lowest BCUT2D eigenvalue weighted by atomic mass is 10.1. The van der Waals surface area contributed by atoms with Gasteiger partial charge in [0.05, 0.1) is 5.69 Å². The number of pyridine rings is 1. The summed E-state index contributed by atoms with van der Waals surface area (Å²) in [4.78, 5) is 24.2. The highest BCUT2D eigenvalue weighted by molar-refractivity contribution is 7.14. The monoisotopic (exact) mass is 351 g/mol. The molecule has 3 heterocycles. The third-order valence-corrected chi connectivity index (χ3v) is 5.10. The Morgan fingerprint density at radius 3 is 2.88 bits per heavy atom. The fraction of sp³-hybridized carbons (Fsp3) is 0.211. The van der Waals surface area contributed by atoms with E-state index >= 15 is 0 Å². The Bertz CT molecular complexity index is 908. The van der Waals surface area contributed by atoms with Crippen molar-refractivity contribution in [2.75, 3.05) is 11.4 Å². The number of aryl methyl sites for hydroxylation is 1. The molecule has 6 heteroatoms. The molecule has 0 spiro atoms. The Balaban J connectivity index is 1.53. The minimum Gasteiger partial charge on any atom is -0.486 e. The van der Waals surface area contributed by atoms with E-state index < -0.39 is 0 Å². The van der Waals surface area contributed by atoms with Crippen LogP contribution >= 0.6 is 11.3 Å². The van der Waals surface area contributed by atoms with Crippen LogP contribution in [0.15, 0.2) is 48.7 Å². The van der Waals surface area contributed by atoms with Crippen LogP contribution in [0.25, 0.3) is 0 Å². The Hall–Kier alpha value is -2.73. The van der Waals surface area contributed by atoms with Crippen molar-refractivity contribution in [1.82, 2.24) is 9.97 Å². The van der Waals surface area contributed by atoms with E-state index in [0.717, 1.165) is 28.4 Å². The highest BCUT2D eigenvalue weighted by Gasteiger charge is 2.30. The van der Waals surface area contributed by atoms with Crippen LogP contribution in [0.2, 0.25) is 0 Å². The van der Waals surface area contributed by atoms with Gasteiger partial charge in [0.2, 0.25) is 0 Å². The first-order valence-electron chi connectivity index (χ1n) is 8.11. The zero-order chi connectivity index (χ0) is 17.2. The molecule has 1 amide bonds. The zero-order valence-electron chi connectivity index (χ0n) is 13.8. The molecule has 126 valence electrons. The number of ether oxygens (including phenoxy) is 1. The van der Waals surface area contributed by atoms with Crippen molar-refractivity contribution in [3.05, 3.63) is 69.8 Å². The van der Waals surface area contributed by atoms with Crippen molar-refractivity contribution in [2.45, 2.75) is 20.0 Å². The molecule has 0 fully saturated rings. The summed E-state index contributed by atoms with van der Waals surface area (Å²) in [7, 11) is 0. The molecule has 0 unspecified atom stereocenters. The van der Waals surface area contributed by atoms with Crippen molar-refractivity contribution < 1.29 is 9.53 Å². The fourth-order valence-electron chi connectivity index (χ4n) is 2.79. The van der Waals surface area contributed by atoms with E-state index in [9.17, 15) is 4.79 Å². The third kappa shape index (κ3) is 3.25.